The monoisotopic (exact) mass is 342 g/mol. The fraction of sp³-hybridized carbons (Fsp3) is 0.0870. The van der Waals surface area contributed by atoms with Crippen LogP contribution in [0.5, 0.6) is 0 Å². The van der Waals surface area contributed by atoms with Crippen LogP contribution in [0, 0.1) is 0 Å². The number of benzene rings is 4. The van der Waals surface area contributed by atoms with Crippen LogP contribution in [0.4, 0.5) is 0 Å². The molecule has 0 N–H and O–H groups in total. The second-order valence-corrected chi connectivity index (χ2v) is 7.49. The van der Waals surface area contributed by atoms with Gasteiger partial charge in [0.05, 0.1) is 5.25 Å². The van der Waals surface area contributed by atoms with Crippen LogP contribution in [0.25, 0.3) is 21.5 Å². The minimum atomic E-state index is -0.142. The number of hydrogen-bond donors (Lipinski definition) is 0. The number of carbonyl (C=O) groups excluding carboxylic acids is 1. The zero-order chi connectivity index (χ0) is 17.2. The Morgan fingerprint density at radius 3 is 1.88 bits per heavy atom. The summed E-state index contributed by atoms with van der Waals surface area (Å²) in [6, 6.07) is 28.6. The lowest BCUT2D eigenvalue weighted by atomic mass is 10.0. The lowest BCUT2D eigenvalue weighted by Crippen LogP contribution is -2.13. The van der Waals surface area contributed by atoms with Crippen molar-refractivity contribution in [2.45, 2.75) is 17.1 Å². The van der Waals surface area contributed by atoms with Crippen LogP contribution in [-0.4, -0.2) is 11.0 Å². The first-order valence-electron chi connectivity index (χ1n) is 8.40. The normalized spacial score (nSPS) is 12.4. The van der Waals surface area contributed by atoms with E-state index in [1.165, 1.54) is 26.4 Å². The van der Waals surface area contributed by atoms with E-state index in [4.69, 9.17) is 0 Å². The summed E-state index contributed by atoms with van der Waals surface area (Å²) >= 11 is 1.66. The Kier molecular flexibility index (Phi) is 4.29. The molecule has 0 radical (unpaired) electrons. The van der Waals surface area contributed by atoms with Gasteiger partial charge in [0.2, 0.25) is 0 Å². The van der Waals surface area contributed by atoms with Gasteiger partial charge < -0.3 is 0 Å². The van der Waals surface area contributed by atoms with E-state index < -0.39 is 0 Å². The highest BCUT2D eigenvalue weighted by Gasteiger charge is 2.19. The van der Waals surface area contributed by atoms with E-state index >= 15 is 0 Å². The molecule has 0 saturated carbocycles. The summed E-state index contributed by atoms with van der Waals surface area (Å²) in [5.74, 6) is 0.169. The molecule has 0 heterocycles. The summed E-state index contributed by atoms with van der Waals surface area (Å²) in [4.78, 5) is 14.0. The van der Waals surface area contributed by atoms with Crippen molar-refractivity contribution in [3.63, 3.8) is 0 Å². The summed E-state index contributed by atoms with van der Waals surface area (Å²) in [5, 5.41) is 4.69. The molecule has 25 heavy (non-hydrogen) atoms. The molecule has 0 spiro atoms. The van der Waals surface area contributed by atoms with E-state index in [0.29, 0.717) is 0 Å². The highest BCUT2D eigenvalue weighted by molar-refractivity contribution is 8.01. The Hall–Kier alpha value is -2.58. The van der Waals surface area contributed by atoms with Crippen LogP contribution in [-0.2, 0) is 0 Å². The van der Waals surface area contributed by atoms with Crippen molar-refractivity contribution < 1.29 is 4.79 Å². The molecule has 1 atom stereocenters. The number of hydrogen-bond acceptors (Lipinski definition) is 2. The lowest BCUT2D eigenvalue weighted by Gasteiger charge is -2.15. The third-order valence-electron chi connectivity index (χ3n) is 4.44. The molecular weight excluding hydrogens is 324 g/mol. The van der Waals surface area contributed by atoms with Crippen molar-refractivity contribution in [2.24, 2.45) is 0 Å². The molecule has 0 aliphatic heterocycles. The molecule has 122 valence electrons. The van der Waals surface area contributed by atoms with Crippen molar-refractivity contribution in [3.8, 4) is 0 Å². The molecule has 2 heteroatoms. The quantitative estimate of drug-likeness (QED) is 0.244. The van der Waals surface area contributed by atoms with Gasteiger partial charge >= 0.3 is 0 Å². The third-order valence-corrected chi connectivity index (χ3v) is 5.69. The van der Waals surface area contributed by atoms with Crippen LogP contribution in [0.15, 0.2) is 89.8 Å². The maximum atomic E-state index is 12.8. The molecule has 1 nitrogen and oxygen atoms in total. The topological polar surface area (TPSA) is 17.1 Å². The SMILES string of the molecule is CC(Sc1c2ccccc2cc2ccccc12)C(=O)c1ccccc1. The average Bonchev–Trinajstić information content (AvgIpc) is 2.67. The Labute approximate surface area is 151 Å². The Morgan fingerprint density at radius 1 is 0.760 bits per heavy atom. The van der Waals surface area contributed by atoms with Crippen LogP contribution >= 0.6 is 11.8 Å². The van der Waals surface area contributed by atoms with Gasteiger partial charge in [0, 0.05) is 10.5 Å². The summed E-state index contributed by atoms with van der Waals surface area (Å²) in [7, 11) is 0. The van der Waals surface area contributed by atoms with E-state index in [9.17, 15) is 4.79 Å². The van der Waals surface area contributed by atoms with Crippen LogP contribution in [0.1, 0.15) is 17.3 Å². The van der Waals surface area contributed by atoms with Gasteiger partial charge in [0.1, 0.15) is 0 Å². The fourth-order valence-electron chi connectivity index (χ4n) is 3.17. The molecule has 4 aromatic carbocycles. The molecule has 1 unspecified atom stereocenters. The highest BCUT2D eigenvalue weighted by Crippen LogP contribution is 2.38. The zero-order valence-electron chi connectivity index (χ0n) is 14.0. The zero-order valence-corrected chi connectivity index (χ0v) is 14.8. The molecule has 0 aliphatic carbocycles. The summed E-state index contributed by atoms with van der Waals surface area (Å²) < 4.78 is 0. The second kappa shape index (κ2) is 6.73. The molecule has 0 bridgehead atoms. The number of fused-ring (bicyclic) bond motifs is 2. The first-order chi connectivity index (χ1) is 12.2. The Balaban J connectivity index is 1.80. The summed E-state index contributed by atoms with van der Waals surface area (Å²) in [5.41, 5.74) is 0.770. The smallest absolute Gasteiger partial charge is 0.175 e. The predicted molar refractivity (Wildman–Crippen MR) is 108 cm³/mol. The van der Waals surface area contributed by atoms with Gasteiger partial charge in [-0.25, -0.2) is 0 Å². The number of rotatable bonds is 4. The van der Waals surface area contributed by atoms with Crippen molar-refractivity contribution in [1.82, 2.24) is 0 Å². The maximum Gasteiger partial charge on any atom is 0.175 e. The van der Waals surface area contributed by atoms with Gasteiger partial charge in [-0.3, -0.25) is 4.79 Å². The lowest BCUT2D eigenvalue weighted by molar-refractivity contribution is 0.0994. The molecule has 0 aromatic heterocycles. The standard InChI is InChI=1S/C23H18OS/c1-16(22(24)17-9-3-2-4-10-17)25-23-20-13-7-5-11-18(20)15-19-12-6-8-14-21(19)23/h2-16H,1H3. The first-order valence-corrected chi connectivity index (χ1v) is 9.28. The van der Waals surface area contributed by atoms with E-state index in [2.05, 4.69) is 54.6 Å². The van der Waals surface area contributed by atoms with E-state index in [1.54, 1.807) is 11.8 Å². The minimum Gasteiger partial charge on any atom is -0.293 e. The summed E-state index contributed by atoms with van der Waals surface area (Å²) in [6.07, 6.45) is 0. The number of ketones is 1. The molecule has 0 aliphatic rings. The molecular formula is C23H18OS. The van der Waals surface area contributed by atoms with Crippen molar-refractivity contribution in [3.05, 3.63) is 90.5 Å². The molecule has 0 saturated heterocycles. The third kappa shape index (κ3) is 3.06. The Bertz CT molecular complexity index is 999. The number of thioether (sulfide) groups is 1. The molecule has 0 fully saturated rings. The van der Waals surface area contributed by atoms with Gasteiger partial charge in [-0.05, 0) is 34.5 Å². The molecule has 4 rings (SSSR count). The Morgan fingerprint density at radius 2 is 1.28 bits per heavy atom. The van der Waals surface area contributed by atoms with Gasteiger partial charge in [-0.2, -0.15) is 0 Å². The van der Waals surface area contributed by atoms with E-state index in [-0.39, 0.29) is 11.0 Å². The van der Waals surface area contributed by atoms with Crippen molar-refractivity contribution >= 4 is 39.1 Å². The summed E-state index contributed by atoms with van der Waals surface area (Å²) in [6.45, 7) is 2.00. The van der Waals surface area contributed by atoms with Gasteiger partial charge in [-0.15, -0.1) is 11.8 Å². The number of Topliss-reactive ketones (excluding diaryl/α,β-unsaturated/α-hetero) is 1. The van der Waals surface area contributed by atoms with E-state index in [1.807, 2.05) is 37.3 Å². The molecule has 4 aromatic rings. The average molecular weight is 342 g/mol. The van der Waals surface area contributed by atoms with Crippen molar-refractivity contribution in [1.29, 1.82) is 0 Å². The van der Waals surface area contributed by atoms with Gasteiger partial charge in [-0.1, -0.05) is 78.9 Å². The highest BCUT2D eigenvalue weighted by atomic mass is 32.2. The predicted octanol–water partition coefficient (Wildman–Crippen LogP) is 6.36. The first kappa shape index (κ1) is 15.9. The van der Waals surface area contributed by atoms with Crippen LogP contribution in [0.3, 0.4) is 0 Å². The van der Waals surface area contributed by atoms with Crippen LogP contribution in [0.2, 0.25) is 0 Å². The fourth-order valence-corrected chi connectivity index (χ4v) is 4.39. The minimum absolute atomic E-state index is 0.142. The number of carbonyl (C=O) groups is 1. The van der Waals surface area contributed by atoms with Crippen LogP contribution < -0.4 is 0 Å². The second-order valence-electron chi connectivity index (χ2n) is 6.14. The van der Waals surface area contributed by atoms with E-state index in [0.717, 1.165) is 5.56 Å². The maximum absolute atomic E-state index is 12.8. The largest absolute Gasteiger partial charge is 0.293 e. The van der Waals surface area contributed by atoms with Gasteiger partial charge in [0.25, 0.3) is 0 Å². The van der Waals surface area contributed by atoms with Gasteiger partial charge in [0.15, 0.2) is 5.78 Å². The van der Waals surface area contributed by atoms with Crippen molar-refractivity contribution in [2.75, 3.05) is 0 Å². The molecule has 0 amide bonds.